The summed E-state index contributed by atoms with van der Waals surface area (Å²) in [5.74, 6) is 2.13. The third kappa shape index (κ3) is 3.83. The molecule has 1 amide bonds. The van der Waals surface area contributed by atoms with Crippen LogP contribution in [0.15, 0.2) is 0 Å². The Bertz CT molecular complexity index is 397. The van der Waals surface area contributed by atoms with E-state index in [4.69, 9.17) is 12.2 Å². The van der Waals surface area contributed by atoms with E-state index in [2.05, 4.69) is 11.2 Å². The van der Waals surface area contributed by atoms with Crippen LogP contribution in [0.5, 0.6) is 0 Å². The molecule has 0 aromatic heterocycles. The predicted octanol–water partition coefficient (Wildman–Crippen LogP) is -0.970. The standard InChI is InChI=1S/C10H16N2O3S/c1-2-4-9(11)10(13)12-8-5-3-6-16(14,15)7-8/h1,8-9H,3-7,11H2,(H,12,13). The van der Waals surface area contributed by atoms with E-state index >= 15 is 0 Å². The molecule has 0 aromatic carbocycles. The maximum atomic E-state index is 11.5. The van der Waals surface area contributed by atoms with Gasteiger partial charge in [-0.3, -0.25) is 4.79 Å². The number of nitrogens with one attached hydrogen (secondary N) is 1. The highest BCUT2D eigenvalue weighted by Crippen LogP contribution is 2.12. The summed E-state index contributed by atoms with van der Waals surface area (Å²) >= 11 is 0. The highest BCUT2D eigenvalue weighted by molar-refractivity contribution is 7.91. The maximum absolute atomic E-state index is 11.5. The molecule has 3 N–H and O–H groups in total. The van der Waals surface area contributed by atoms with Crippen molar-refractivity contribution >= 4 is 15.7 Å². The number of carbonyl (C=O) groups excluding carboxylic acids is 1. The summed E-state index contributed by atoms with van der Waals surface area (Å²) in [6, 6.07) is -1.08. The number of amides is 1. The molecular weight excluding hydrogens is 228 g/mol. The van der Waals surface area contributed by atoms with Gasteiger partial charge in [-0.1, -0.05) is 0 Å². The molecule has 2 unspecified atom stereocenters. The zero-order valence-electron chi connectivity index (χ0n) is 8.98. The predicted molar refractivity (Wildman–Crippen MR) is 61.2 cm³/mol. The lowest BCUT2D eigenvalue weighted by Crippen LogP contribution is -2.49. The molecule has 1 saturated heterocycles. The molecule has 6 heteroatoms. The summed E-state index contributed by atoms with van der Waals surface area (Å²) in [6.45, 7) is 0. The smallest absolute Gasteiger partial charge is 0.238 e. The first-order valence-electron chi connectivity index (χ1n) is 5.14. The molecule has 2 atom stereocenters. The van der Waals surface area contributed by atoms with Crippen LogP contribution in [0.3, 0.4) is 0 Å². The molecule has 1 fully saturated rings. The SMILES string of the molecule is C#CCC(N)C(=O)NC1CCCS(=O)(=O)C1. The fraction of sp³-hybridized carbons (Fsp3) is 0.700. The van der Waals surface area contributed by atoms with Gasteiger partial charge in [-0.25, -0.2) is 8.42 Å². The summed E-state index contributed by atoms with van der Waals surface area (Å²) < 4.78 is 22.6. The molecule has 1 heterocycles. The first-order chi connectivity index (χ1) is 7.44. The normalized spacial score (nSPS) is 25.4. The molecule has 1 aliphatic rings. The Balaban J connectivity index is 2.49. The van der Waals surface area contributed by atoms with Gasteiger partial charge in [0.2, 0.25) is 5.91 Å². The topological polar surface area (TPSA) is 89.3 Å². The monoisotopic (exact) mass is 244 g/mol. The molecule has 90 valence electrons. The largest absolute Gasteiger partial charge is 0.351 e. The Morgan fingerprint density at radius 3 is 2.88 bits per heavy atom. The van der Waals surface area contributed by atoms with Gasteiger partial charge in [-0.2, -0.15) is 0 Å². The van der Waals surface area contributed by atoms with Crippen molar-refractivity contribution < 1.29 is 13.2 Å². The van der Waals surface area contributed by atoms with E-state index in [0.29, 0.717) is 12.8 Å². The van der Waals surface area contributed by atoms with Crippen LogP contribution in [0, 0.1) is 12.3 Å². The summed E-state index contributed by atoms with van der Waals surface area (Å²) in [4.78, 5) is 11.5. The molecule has 0 spiro atoms. The van der Waals surface area contributed by atoms with Gasteiger partial charge >= 0.3 is 0 Å². The van der Waals surface area contributed by atoms with E-state index in [0.717, 1.165) is 0 Å². The number of terminal acetylenes is 1. The van der Waals surface area contributed by atoms with Crippen LogP contribution in [0.25, 0.3) is 0 Å². The number of rotatable bonds is 3. The van der Waals surface area contributed by atoms with E-state index in [9.17, 15) is 13.2 Å². The Kier molecular flexibility index (Phi) is 4.33. The molecular formula is C10H16N2O3S. The van der Waals surface area contributed by atoms with Gasteiger partial charge in [0.25, 0.3) is 0 Å². The Labute approximate surface area is 95.7 Å². The van der Waals surface area contributed by atoms with E-state index in [-0.39, 0.29) is 29.9 Å². The first kappa shape index (κ1) is 13.0. The van der Waals surface area contributed by atoms with Crippen molar-refractivity contribution in [2.75, 3.05) is 11.5 Å². The van der Waals surface area contributed by atoms with Crippen molar-refractivity contribution in [1.82, 2.24) is 5.32 Å². The summed E-state index contributed by atoms with van der Waals surface area (Å²) in [6.07, 6.45) is 6.45. The molecule has 1 rings (SSSR count). The van der Waals surface area contributed by atoms with Crippen LogP contribution in [0.1, 0.15) is 19.3 Å². The van der Waals surface area contributed by atoms with Crippen molar-refractivity contribution in [1.29, 1.82) is 0 Å². The lowest BCUT2D eigenvalue weighted by Gasteiger charge is -2.24. The highest BCUT2D eigenvalue weighted by atomic mass is 32.2. The van der Waals surface area contributed by atoms with Gasteiger partial charge in [0.15, 0.2) is 9.84 Å². The third-order valence-electron chi connectivity index (χ3n) is 2.48. The molecule has 16 heavy (non-hydrogen) atoms. The van der Waals surface area contributed by atoms with Crippen LogP contribution in [-0.4, -0.2) is 37.9 Å². The van der Waals surface area contributed by atoms with Crippen molar-refractivity contribution in [2.24, 2.45) is 5.73 Å². The lowest BCUT2D eigenvalue weighted by atomic mass is 10.1. The van der Waals surface area contributed by atoms with E-state index in [1.807, 2.05) is 0 Å². The number of nitrogens with two attached hydrogens (primary N) is 1. The fourth-order valence-corrected chi connectivity index (χ4v) is 3.30. The van der Waals surface area contributed by atoms with Gasteiger partial charge in [0, 0.05) is 12.5 Å². The number of carbonyl (C=O) groups is 1. The van der Waals surface area contributed by atoms with Gasteiger partial charge in [-0.05, 0) is 12.8 Å². The second-order valence-electron chi connectivity index (χ2n) is 3.98. The minimum atomic E-state index is -3.01. The zero-order chi connectivity index (χ0) is 12.2. The highest BCUT2D eigenvalue weighted by Gasteiger charge is 2.26. The van der Waals surface area contributed by atoms with Crippen LogP contribution in [0.4, 0.5) is 0 Å². The number of sulfone groups is 1. The molecule has 5 nitrogen and oxygen atoms in total. The molecule has 0 bridgehead atoms. The maximum Gasteiger partial charge on any atom is 0.238 e. The van der Waals surface area contributed by atoms with Crippen molar-refractivity contribution in [3.8, 4) is 12.3 Å². The number of hydrogen-bond donors (Lipinski definition) is 2. The van der Waals surface area contributed by atoms with Gasteiger partial charge in [0.05, 0.1) is 17.5 Å². The summed E-state index contributed by atoms with van der Waals surface area (Å²) in [5.41, 5.74) is 5.51. The summed E-state index contributed by atoms with van der Waals surface area (Å²) in [5, 5.41) is 2.62. The second-order valence-corrected chi connectivity index (χ2v) is 6.21. The van der Waals surface area contributed by atoms with Crippen LogP contribution in [-0.2, 0) is 14.6 Å². The first-order valence-corrected chi connectivity index (χ1v) is 6.96. The van der Waals surface area contributed by atoms with Crippen LogP contribution < -0.4 is 11.1 Å². The quantitative estimate of drug-likeness (QED) is 0.625. The lowest BCUT2D eigenvalue weighted by molar-refractivity contribution is -0.122. The van der Waals surface area contributed by atoms with E-state index in [1.165, 1.54) is 0 Å². The minimum Gasteiger partial charge on any atom is -0.351 e. The van der Waals surface area contributed by atoms with E-state index < -0.39 is 15.9 Å². The number of hydrogen-bond acceptors (Lipinski definition) is 4. The fourth-order valence-electron chi connectivity index (χ4n) is 1.66. The zero-order valence-corrected chi connectivity index (χ0v) is 9.79. The Morgan fingerprint density at radius 1 is 1.62 bits per heavy atom. The molecule has 1 aliphatic heterocycles. The van der Waals surface area contributed by atoms with Crippen molar-refractivity contribution in [2.45, 2.75) is 31.3 Å². The van der Waals surface area contributed by atoms with Gasteiger partial charge in [-0.15, -0.1) is 12.3 Å². The van der Waals surface area contributed by atoms with Gasteiger partial charge in [0.1, 0.15) is 0 Å². The van der Waals surface area contributed by atoms with Crippen LogP contribution in [0.2, 0.25) is 0 Å². The Hall–Kier alpha value is -1.06. The average molecular weight is 244 g/mol. The molecule has 0 aromatic rings. The van der Waals surface area contributed by atoms with Crippen LogP contribution >= 0.6 is 0 Å². The Morgan fingerprint density at radius 2 is 2.31 bits per heavy atom. The molecule has 0 aliphatic carbocycles. The summed E-state index contributed by atoms with van der Waals surface area (Å²) in [7, 11) is -3.01. The van der Waals surface area contributed by atoms with Gasteiger partial charge < -0.3 is 11.1 Å². The van der Waals surface area contributed by atoms with Crippen molar-refractivity contribution in [3.05, 3.63) is 0 Å². The average Bonchev–Trinajstić information content (AvgIpc) is 2.16. The van der Waals surface area contributed by atoms with Crippen molar-refractivity contribution in [3.63, 3.8) is 0 Å². The second kappa shape index (κ2) is 5.32. The molecule has 0 radical (unpaired) electrons. The van der Waals surface area contributed by atoms with E-state index in [1.54, 1.807) is 0 Å². The minimum absolute atomic E-state index is 0.00150. The third-order valence-corrected chi connectivity index (χ3v) is 4.30. The molecule has 0 saturated carbocycles.